The van der Waals surface area contributed by atoms with Crippen LogP contribution in [0, 0.1) is 6.92 Å². The predicted octanol–water partition coefficient (Wildman–Crippen LogP) is 2.63. The van der Waals surface area contributed by atoms with Gasteiger partial charge in [0.25, 0.3) is 5.91 Å². The molecule has 7 heteroatoms. The van der Waals surface area contributed by atoms with Crippen molar-refractivity contribution in [1.82, 2.24) is 15.2 Å². The van der Waals surface area contributed by atoms with Crippen LogP contribution in [0.3, 0.4) is 0 Å². The van der Waals surface area contributed by atoms with Crippen molar-refractivity contribution >= 4 is 11.6 Å². The van der Waals surface area contributed by atoms with Gasteiger partial charge in [0.1, 0.15) is 5.69 Å². The zero-order chi connectivity index (χ0) is 15.5. The summed E-state index contributed by atoms with van der Waals surface area (Å²) in [7, 11) is 1.55. The van der Waals surface area contributed by atoms with Crippen molar-refractivity contribution in [2.24, 2.45) is 0 Å². The number of pyridine rings is 1. The zero-order valence-corrected chi connectivity index (χ0v) is 12.1. The third kappa shape index (κ3) is 2.69. The lowest BCUT2D eigenvalue weighted by molar-refractivity contribution is 0.102. The maximum absolute atomic E-state index is 12.2. The monoisotopic (exact) mass is 298 g/mol. The highest BCUT2D eigenvalue weighted by atomic mass is 16.5. The molecule has 22 heavy (non-hydrogen) atoms. The van der Waals surface area contributed by atoms with E-state index in [9.17, 15) is 4.79 Å². The molecule has 112 valence electrons. The molecule has 7 nitrogen and oxygen atoms in total. The number of methoxy groups -OCH3 is 1. The van der Waals surface area contributed by atoms with Crippen LogP contribution in [-0.2, 0) is 0 Å². The summed E-state index contributed by atoms with van der Waals surface area (Å²) >= 11 is 0. The van der Waals surface area contributed by atoms with Gasteiger partial charge in [-0.2, -0.15) is 5.10 Å². The molecule has 0 atom stereocenters. The summed E-state index contributed by atoms with van der Waals surface area (Å²) in [6, 6.07) is 6.95. The summed E-state index contributed by atoms with van der Waals surface area (Å²) in [6.45, 7) is 1.85. The fourth-order valence-corrected chi connectivity index (χ4v) is 2.04. The molecule has 0 aliphatic rings. The van der Waals surface area contributed by atoms with Crippen molar-refractivity contribution in [2.45, 2.75) is 6.92 Å². The normalized spacial score (nSPS) is 10.5. The molecule has 0 saturated carbocycles. The van der Waals surface area contributed by atoms with Crippen molar-refractivity contribution < 1.29 is 13.9 Å². The molecule has 0 aromatic carbocycles. The lowest BCUT2D eigenvalue weighted by Gasteiger charge is -2.06. The Hall–Kier alpha value is -3.09. The largest absolute Gasteiger partial charge is 0.481 e. The molecular weight excluding hydrogens is 284 g/mol. The Kier molecular flexibility index (Phi) is 3.61. The van der Waals surface area contributed by atoms with E-state index >= 15 is 0 Å². The number of anilines is 1. The molecule has 0 saturated heterocycles. The average Bonchev–Trinajstić information content (AvgIpc) is 3.18. The number of aryl methyl sites for hydroxylation is 1. The quantitative estimate of drug-likeness (QED) is 0.772. The number of rotatable bonds is 4. The third-order valence-electron chi connectivity index (χ3n) is 3.08. The molecule has 3 aromatic rings. The van der Waals surface area contributed by atoms with E-state index in [-0.39, 0.29) is 11.6 Å². The van der Waals surface area contributed by atoms with Crippen LogP contribution in [0.2, 0.25) is 0 Å². The van der Waals surface area contributed by atoms with E-state index < -0.39 is 0 Å². The van der Waals surface area contributed by atoms with E-state index in [1.807, 2.05) is 6.92 Å². The maximum atomic E-state index is 12.2. The van der Waals surface area contributed by atoms with Gasteiger partial charge >= 0.3 is 0 Å². The summed E-state index contributed by atoms with van der Waals surface area (Å²) in [4.78, 5) is 16.3. The number of nitrogens with zero attached hydrogens (tertiary/aromatic N) is 2. The standard InChI is InChI=1S/C15H14N4O3/c1-9-6-10(8-16-15(9)21-2)17-14(20)12-7-11(18-19-12)13-4-3-5-22-13/h3-8H,1-2H3,(H,17,20)(H,18,19). The van der Waals surface area contributed by atoms with Crippen molar-refractivity contribution in [2.75, 3.05) is 12.4 Å². The smallest absolute Gasteiger partial charge is 0.276 e. The van der Waals surface area contributed by atoms with Gasteiger partial charge in [-0.3, -0.25) is 9.89 Å². The second-order valence-corrected chi connectivity index (χ2v) is 4.65. The van der Waals surface area contributed by atoms with E-state index in [4.69, 9.17) is 9.15 Å². The topological polar surface area (TPSA) is 93.0 Å². The minimum atomic E-state index is -0.333. The highest BCUT2D eigenvalue weighted by Crippen LogP contribution is 2.20. The Morgan fingerprint density at radius 1 is 1.41 bits per heavy atom. The number of nitrogens with one attached hydrogen (secondary N) is 2. The molecular formula is C15H14N4O3. The Balaban J connectivity index is 1.76. The first-order valence-electron chi connectivity index (χ1n) is 6.58. The van der Waals surface area contributed by atoms with Gasteiger partial charge in [-0.1, -0.05) is 0 Å². The number of H-pyrrole nitrogens is 1. The Labute approximate surface area is 126 Å². The molecule has 1 amide bonds. The van der Waals surface area contributed by atoms with Crippen molar-refractivity contribution in [3.05, 3.63) is 48.0 Å². The van der Waals surface area contributed by atoms with Crippen molar-refractivity contribution in [1.29, 1.82) is 0 Å². The second kappa shape index (κ2) is 5.72. The van der Waals surface area contributed by atoms with Gasteiger partial charge in [0.2, 0.25) is 5.88 Å². The fourth-order valence-electron chi connectivity index (χ4n) is 2.04. The van der Waals surface area contributed by atoms with Gasteiger partial charge in [0, 0.05) is 11.6 Å². The van der Waals surface area contributed by atoms with Gasteiger partial charge in [-0.25, -0.2) is 4.98 Å². The average molecular weight is 298 g/mol. The summed E-state index contributed by atoms with van der Waals surface area (Å²) < 4.78 is 10.3. The van der Waals surface area contributed by atoms with Crippen LogP contribution in [-0.4, -0.2) is 28.2 Å². The minimum absolute atomic E-state index is 0.264. The van der Waals surface area contributed by atoms with Gasteiger partial charge in [0.15, 0.2) is 11.5 Å². The Bertz CT molecular complexity index is 793. The van der Waals surface area contributed by atoms with Crippen LogP contribution in [0.4, 0.5) is 5.69 Å². The number of ether oxygens (including phenoxy) is 1. The van der Waals surface area contributed by atoms with E-state index in [0.717, 1.165) is 5.56 Å². The van der Waals surface area contributed by atoms with Crippen molar-refractivity contribution in [3.8, 4) is 17.3 Å². The molecule has 0 aliphatic carbocycles. The number of aromatic amines is 1. The summed E-state index contributed by atoms with van der Waals surface area (Å²) in [5.41, 5.74) is 2.31. The zero-order valence-electron chi connectivity index (χ0n) is 12.1. The first kappa shape index (κ1) is 13.9. The number of furan rings is 1. The summed E-state index contributed by atoms with van der Waals surface area (Å²) in [5.74, 6) is 0.812. The molecule has 3 aromatic heterocycles. The molecule has 0 radical (unpaired) electrons. The highest BCUT2D eigenvalue weighted by Gasteiger charge is 2.13. The second-order valence-electron chi connectivity index (χ2n) is 4.65. The molecule has 0 spiro atoms. The summed E-state index contributed by atoms with van der Waals surface area (Å²) in [5, 5.41) is 9.49. The van der Waals surface area contributed by atoms with Gasteiger partial charge in [-0.05, 0) is 25.1 Å². The Morgan fingerprint density at radius 2 is 2.27 bits per heavy atom. The number of hydrogen-bond donors (Lipinski definition) is 2. The van der Waals surface area contributed by atoms with E-state index in [1.54, 1.807) is 37.6 Å². The lowest BCUT2D eigenvalue weighted by Crippen LogP contribution is -2.12. The van der Waals surface area contributed by atoms with Crippen LogP contribution in [0.1, 0.15) is 16.1 Å². The number of carbonyl (C=O) groups is 1. The number of hydrogen-bond acceptors (Lipinski definition) is 5. The van der Waals surface area contributed by atoms with Crippen LogP contribution in [0.15, 0.2) is 41.1 Å². The molecule has 0 fully saturated rings. The van der Waals surface area contributed by atoms with Crippen LogP contribution in [0.25, 0.3) is 11.5 Å². The SMILES string of the molecule is COc1ncc(NC(=O)c2cc(-c3ccco3)[nH]n2)cc1C. The number of carbonyl (C=O) groups excluding carboxylic acids is 1. The van der Waals surface area contributed by atoms with Gasteiger partial charge in [0.05, 0.1) is 25.3 Å². The maximum Gasteiger partial charge on any atom is 0.276 e. The third-order valence-corrected chi connectivity index (χ3v) is 3.08. The first-order chi connectivity index (χ1) is 10.7. The van der Waals surface area contributed by atoms with E-state index in [2.05, 4.69) is 20.5 Å². The fraction of sp³-hybridized carbons (Fsp3) is 0.133. The minimum Gasteiger partial charge on any atom is -0.481 e. The van der Waals surface area contributed by atoms with Crippen LogP contribution in [0.5, 0.6) is 5.88 Å². The van der Waals surface area contributed by atoms with Crippen LogP contribution >= 0.6 is 0 Å². The van der Waals surface area contributed by atoms with E-state index in [0.29, 0.717) is 23.0 Å². The molecule has 3 rings (SSSR count). The number of aromatic nitrogens is 3. The van der Waals surface area contributed by atoms with E-state index in [1.165, 1.54) is 6.20 Å². The lowest BCUT2D eigenvalue weighted by atomic mass is 10.2. The highest BCUT2D eigenvalue weighted by molar-refractivity contribution is 6.03. The molecule has 3 heterocycles. The predicted molar refractivity (Wildman–Crippen MR) is 79.8 cm³/mol. The van der Waals surface area contributed by atoms with Crippen LogP contribution < -0.4 is 10.1 Å². The molecule has 0 bridgehead atoms. The first-order valence-corrected chi connectivity index (χ1v) is 6.58. The van der Waals surface area contributed by atoms with Gasteiger partial charge < -0.3 is 14.5 Å². The molecule has 0 aliphatic heterocycles. The number of amides is 1. The molecule has 0 unspecified atom stereocenters. The molecule has 2 N–H and O–H groups in total. The summed E-state index contributed by atoms with van der Waals surface area (Å²) in [6.07, 6.45) is 3.09. The van der Waals surface area contributed by atoms with Crippen molar-refractivity contribution in [3.63, 3.8) is 0 Å². The van der Waals surface area contributed by atoms with Gasteiger partial charge in [-0.15, -0.1) is 0 Å². The Morgan fingerprint density at radius 3 is 2.95 bits per heavy atom.